The predicted octanol–water partition coefficient (Wildman–Crippen LogP) is 4.95. The van der Waals surface area contributed by atoms with Crippen LogP contribution >= 0.6 is 0 Å². The van der Waals surface area contributed by atoms with E-state index in [1.54, 1.807) is 29.1 Å². The largest absolute Gasteiger partial charge is 0.459 e. The maximum Gasteiger partial charge on any atom is 0.319 e. The fourth-order valence-corrected chi connectivity index (χ4v) is 3.17. The van der Waals surface area contributed by atoms with E-state index in [0.717, 1.165) is 11.3 Å². The third kappa shape index (κ3) is 3.46. The zero-order chi connectivity index (χ0) is 19.7. The van der Waals surface area contributed by atoms with Crippen LogP contribution in [0.15, 0.2) is 65.3 Å². The van der Waals surface area contributed by atoms with Gasteiger partial charge in [-0.25, -0.2) is 13.9 Å². The van der Waals surface area contributed by atoms with Crippen molar-refractivity contribution in [2.75, 3.05) is 5.32 Å². The third-order valence-electron chi connectivity index (χ3n) is 4.57. The second-order valence-electron chi connectivity index (χ2n) is 6.55. The lowest BCUT2D eigenvalue weighted by atomic mass is 10.1. The van der Waals surface area contributed by atoms with Crippen molar-refractivity contribution in [2.24, 2.45) is 0 Å². The van der Waals surface area contributed by atoms with E-state index in [0.29, 0.717) is 22.4 Å². The van der Waals surface area contributed by atoms with Crippen LogP contribution in [0.4, 0.5) is 14.9 Å². The zero-order valence-corrected chi connectivity index (χ0v) is 15.4. The second-order valence-corrected chi connectivity index (χ2v) is 6.55. The fourth-order valence-electron chi connectivity index (χ4n) is 3.17. The number of benzene rings is 2. The first-order chi connectivity index (χ1) is 13.5. The van der Waals surface area contributed by atoms with Gasteiger partial charge >= 0.3 is 6.03 Å². The van der Waals surface area contributed by atoms with E-state index in [9.17, 15) is 9.18 Å². The molecule has 0 spiro atoms. The highest BCUT2D eigenvalue weighted by Gasteiger charge is 2.19. The van der Waals surface area contributed by atoms with Gasteiger partial charge in [0.15, 0.2) is 0 Å². The summed E-state index contributed by atoms with van der Waals surface area (Å²) in [4.78, 5) is 12.3. The molecule has 2 aromatic carbocycles. The van der Waals surface area contributed by atoms with Gasteiger partial charge in [0.2, 0.25) is 0 Å². The van der Waals surface area contributed by atoms with E-state index < -0.39 is 0 Å². The highest BCUT2D eigenvalue weighted by atomic mass is 19.1. The maximum absolute atomic E-state index is 13.5. The average molecular weight is 378 g/mol. The van der Waals surface area contributed by atoms with Crippen molar-refractivity contribution in [2.45, 2.75) is 19.9 Å². The highest BCUT2D eigenvalue weighted by molar-refractivity contribution is 5.90. The Morgan fingerprint density at radius 1 is 1.21 bits per heavy atom. The monoisotopic (exact) mass is 378 g/mol. The molecule has 0 aliphatic heterocycles. The lowest BCUT2D eigenvalue weighted by molar-refractivity contribution is 0.248. The Bertz CT molecular complexity index is 1120. The van der Waals surface area contributed by atoms with Gasteiger partial charge in [0.05, 0.1) is 11.7 Å². The maximum atomic E-state index is 13.5. The van der Waals surface area contributed by atoms with Crippen molar-refractivity contribution < 1.29 is 13.6 Å². The molecular formula is C21H19FN4O2. The van der Waals surface area contributed by atoms with Crippen LogP contribution in [-0.4, -0.2) is 15.8 Å². The number of amides is 2. The number of aryl methyl sites for hydroxylation is 1. The second kappa shape index (κ2) is 7.19. The van der Waals surface area contributed by atoms with Gasteiger partial charge in [-0.1, -0.05) is 0 Å². The molecule has 0 saturated heterocycles. The number of anilines is 1. The Hall–Kier alpha value is -3.61. The Labute approximate surface area is 161 Å². The van der Waals surface area contributed by atoms with Crippen LogP contribution in [0.1, 0.15) is 24.3 Å². The molecule has 2 aromatic heterocycles. The van der Waals surface area contributed by atoms with Crippen LogP contribution in [0, 0.1) is 12.7 Å². The minimum atomic E-state index is -0.376. The highest BCUT2D eigenvalue weighted by Crippen LogP contribution is 2.30. The number of halogens is 1. The third-order valence-corrected chi connectivity index (χ3v) is 4.57. The summed E-state index contributed by atoms with van der Waals surface area (Å²) in [6, 6.07) is 12.8. The first kappa shape index (κ1) is 17.8. The van der Waals surface area contributed by atoms with E-state index in [1.807, 2.05) is 38.2 Å². The summed E-state index contributed by atoms with van der Waals surface area (Å²) in [6.45, 7) is 3.67. The van der Waals surface area contributed by atoms with Crippen LogP contribution < -0.4 is 10.6 Å². The number of aromatic nitrogens is 2. The summed E-state index contributed by atoms with van der Waals surface area (Å²) in [7, 11) is 0. The summed E-state index contributed by atoms with van der Waals surface area (Å²) in [5.41, 5.74) is 2.96. The van der Waals surface area contributed by atoms with E-state index in [2.05, 4.69) is 15.7 Å². The molecule has 6 nitrogen and oxygen atoms in total. The molecule has 0 aliphatic carbocycles. The molecular weight excluding hydrogens is 359 g/mol. The van der Waals surface area contributed by atoms with Gasteiger partial charge < -0.3 is 15.1 Å². The first-order valence-corrected chi connectivity index (χ1v) is 8.87. The van der Waals surface area contributed by atoms with Crippen molar-refractivity contribution in [1.29, 1.82) is 0 Å². The number of hydrogen-bond donors (Lipinski definition) is 2. The normalized spacial score (nSPS) is 12.1. The van der Waals surface area contributed by atoms with Crippen molar-refractivity contribution in [1.82, 2.24) is 15.1 Å². The molecule has 0 fully saturated rings. The molecule has 142 valence electrons. The number of rotatable bonds is 4. The lowest BCUT2D eigenvalue weighted by Crippen LogP contribution is -2.31. The van der Waals surface area contributed by atoms with Crippen LogP contribution in [-0.2, 0) is 0 Å². The smallest absolute Gasteiger partial charge is 0.319 e. The van der Waals surface area contributed by atoms with Gasteiger partial charge in [0.1, 0.15) is 17.2 Å². The van der Waals surface area contributed by atoms with E-state index >= 15 is 0 Å². The molecule has 2 N–H and O–H groups in total. The van der Waals surface area contributed by atoms with Crippen LogP contribution in [0.3, 0.4) is 0 Å². The Morgan fingerprint density at radius 2 is 2.00 bits per heavy atom. The summed E-state index contributed by atoms with van der Waals surface area (Å²) in [5, 5.41) is 10.5. The minimum absolute atomic E-state index is 0.320. The van der Waals surface area contributed by atoms with Gasteiger partial charge in [-0.2, -0.15) is 5.10 Å². The molecule has 2 amide bonds. The molecule has 7 heteroatoms. The predicted molar refractivity (Wildman–Crippen MR) is 105 cm³/mol. The number of fused-ring (bicyclic) bond motifs is 1. The van der Waals surface area contributed by atoms with Crippen molar-refractivity contribution >= 4 is 22.7 Å². The number of nitrogens with zero attached hydrogens (tertiary/aromatic N) is 2. The van der Waals surface area contributed by atoms with Crippen molar-refractivity contribution in [3.05, 3.63) is 78.1 Å². The van der Waals surface area contributed by atoms with E-state index in [4.69, 9.17) is 4.42 Å². The SMILES string of the molecule is Cc1c([C@H](C)NC(=O)Nc2ccc(-n3cccn3)cc2)oc2ccc(F)cc12. The molecule has 4 aromatic rings. The topological polar surface area (TPSA) is 72.1 Å². The number of carbonyl (C=O) groups excluding carboxylic acids is 1. The Kier molecular flexibility index (Phi) is 4.57. The summed E-state index contributed by atoms with van der Waals surface area (Å²) >= 11 is 0. The lowest BCUT2D eigenvalue weighted by Gasteiger charge is -2.14. The van der Waals surface area contributed by atoms with Gasteiger partial charge in [-0.05, 0) is 62.4 Å². The zero-order valence-electron chi connectivity index (χ0n) is 15.4. The molecule has 2 heterocycles. The average Bonchev–Trinajstić information content (AvgIpc) is 3.31. The summed E-state index contributed by atoms with van der Waals surface area (Å²) in [5.74, 6) is 0.282. The first-order valence-electron chi connectivity index (χ1n) is 8.87. The van der Waals surface area contributed by atoms with Gasteiger partial charge in [0.25, 0.3) is 0 Å². The molecule has 1 atom stereocenters. The molecule has 0 aliphatic rings. The van der Waals surface area contributed by atoms with Gasteiger partial charge in [-0.15, -0.1) is 0 Å². The van der Waals surface area contributed by atoms with E-state index in [-0.39, 0.29) is 17.9 Å². The standard InChI is InChI=1S/C21H19FN4O2/c1-13-18-12-15(22)4-9-19(18)28-20(13)14(2)24-21(27)25-16-5-7-17(8-6-16)26-11-3-10-23-26/h3-12,14H,1-2H3,(H2,24,25,27)/t14-/m0/s1. The molecule has 0 unspecified atom stereocenters. The molecule has 0 saturated carbocycles. The van der Waals surface area contributed by atoms with Crippen LogP contribution in [0.2, 0.25) is 0 Å². The quantitative estimate of drug-likeness (QED) is 0.528. The Balaban J connectivity index is 1.44. The number of hydrogen-bond acceptors (Lipinski definition) is 3. The molecule has 28 heavy (non-hydrogen) atoms. The molecule has 4 rings (SSSR count). The van der Waals surface area contributed by atoms with Gasteiger partial charge in [-0.3, -0.25) is 0 Å². The molecule has 0 radical (unpaired) electrons. The Morgan fingerprint density at radius 3 is 2.71 bits per heavy atom. The van der Waals surface area contributed by atoms with Crippen LogP contribution in [0.5, 0.6) is 0 Å². The van der Waals surface area contributed by atoms with Crippen molar-refractivity contribution in [3.63, 3.8) is 0 Å². The van der Waals surface area contributed by atoms with Crippen LogP contribution in [0.25, 0.3) is 16.7 Å². The number of urea groups is 1. The molecule has 0 bridgehead atoms. The minimum Gasteiger partial charge on any atom is -0.459 e. The van der Waals surface area contributed by atoms with Crippen molar-refractivity contribution in [3.8, 4) is 5.69 Å². The number of carbonyl (C=O) groups is 1. The summed E-state index contributed by atoms with van der Waals surface area (Å²) < 4.78 is 21.0. The van der Waals surface area contributed by atoms with E-state index in [1.165, 1.54) is 12.1 Å². The number of furan rings is 1. The fraction of sp³-hybridized carbons (Fsp3) is 0.143. The summed E-state index contributed by atoms with van der Waals surface area (Å²) in [6.07, 6.45) is 3.55. The number of nitrogens with one attached hydrogen (secondary N) is 2. The van der Waals surface area contributed by atoms with Gasteiger partial charge in [0, 0.05) is 29.0 Å².